The summed E-state index contributed by atoms with van der Waals surface area (Å²) >= 11 is 0. The molecule has 20 heavy (non-hydrogen) atoms. The van der Waals surface area contributed by atoms with Crippen LogP contribution in [0.15, 0.2) is 24.3 Å². The molecule has 0 atom stereocenters. The van der Waals surface area contributed by atoms with Gasteiger partial charge in [-0.1, -0.05) is 26.0 Å². The van der Waals surface area contributed by atoms with E-state index in [2.05, 4.69) is 19.2 Å². The Labute approximate surface area is 122 Å². The lowest BCUT2D eigenvalue weighted by Crippen LogP contribution is -2.48. The molecule has 0 aliphatic heterocycles. The summed E-state index contributed by atoms with van der Waals surface area (Å²) in [7, 11) is 0. The number of nitrogens with one attached hydrogen (secondary N) is 1. The lowest BCUT2D eigenvalue weighted by molar-refractivity contribution is 0.144. The van der Waals surface area contributed by atoms with Crippen molar-refractivity contribution >= 4 is 0 Å². The monoisotopic (exact) mass is 281 g/mol. The zero-order valence-corrected chi connectivity index (χ0v) is 12.8. The van der Waals surface area contributed by atoms with Crippen LogP contribution < -0.4 is 14.8 Å². The van der Waals surface area contributed by atoms with Crippen molar-refractivity contribution in [3.05, 3.63) is 24.3 Å². The fourth-order valence-corrected chi connectivity index (χ4v) is 2.10. The highest BCUT2D eigenvalue weighted by molar-refractivity contribution is 5.39. The first kappa shape index (κ1) is 16.8. The van der Waals surface area contributed by atoms with E-state index < -0.39 is 0 Å². The second-order valence-electron chi connectivity index (χ2n) is 4.80. The van der Waals surface area contributed by atoms with Crippen LogP contribution in [0.1, 0.15) is 33.6 Å². The Balaban J connectivity index is 2.45. The molecule has 0 amide bonds. The van der Waals surface area contributed by atoms with E-state index in [0.29, 0.717) is 19.8 Å². The van der Waals surface area contributed by atoms with E-state index in [1.807, 2.05) is 31.2 Å². The third kappa shape index (κ3) is 4.69. The van der Waals surface area contributed by atoms with E-state index >= 15 is 0 Å². The van der Waals surface area contributed by atoms with E-state index in [1.165, 1.54) is 0 Å². The first-order chi connectivity index (χ1) is 9.71. The zero-order chi connectivity index (χ0) is 14.8. The van der Waals surface area contributed by atoms with Crippen LogP contribution in [0.3, 0.4) is 0 Å². The van der Waals surface area contributed by atoms with E-state index in [0.717, 1.165) is 24.3 Å². The maximum atomic E-state index is 9.48. The predicted octanol–water partition coefficient (Wildman–Crippen LogP) is 2.60. The van der Waals surface area contributed by atoms with Crippen molar-refractivity contribution in [2.24, 2.45) is 0 Å². The number of rotatable bonds is 10. The van der Waals surface area contributed by atoms with Gasteiger partial charge in [-0.25, -0.2) is 0 Å². The summed E-state index contributed by atoms with van der Waals surface area (Å²) in [6.07, 6.45) is 1.80. The van der Waals surface area contributed by atoms with Gasteiger partial charge in [0, 0.05) is 12.1 Å². The molecule has 0 heterocycles. The molecule has 1 aromatic rings. The molecule has 0 spiro atoms. The fourth-order valence-electron chi connectivity index (χ4n) is 2.10. The Bertz CT molecular complexity index is 369. The van der Waals surface area contributed by atoms with Crippen LogP contribution in [0.25, 0.3) is 0 Å². The molecular weight excluding hydrogens is 254 g/mol. The molecule has 1 rings (SSSR count). The van der Waals surface area contributed by atoms with Crippen LogP contribution >= 0.6 is 0 Å². The summed E-state index contributed by atoms with van der Waals surface area (Å²) in [4.78, 5) is 0. The molecule has 1 aromatic carbocycles. The van der Waals surface area contributed by atoms with E-state index in [1.54, 1.807) is 0 Å². The minimum Gasteiger partial charge on any atom is -0.490 e. The number of ether oxygens (including phenoxy) is 2. The van der Waals surface area contributed by atoms with Crippen LogP contribution in [-0.4, -0.2) is 37.0 Å². The Kier molecular flexibility index (Phi) is 7.41. The van der Waals surface area contributed by atoms with Crippen LogP contribution in [-0.2, 0) is 0 Å². The van der Waals surface area contributed by atoms with Gasteiger partial charge in [-0.15, -0.1) is 0 Å². The molecule has 4 heteroatoms. The maximum Gasteiger partial charge on any atom is 0.161 e. The van der Waals surface area contributed by atoms with E-state index in [4.69, 9.17) is 9.47 Å². The van der Waals surface area contributed by atoms with Crippen molar-refractivity contribution in [3.8, 4) is 11.5 Å². The van der Waals surface area contributed by atoms with Gasteiger partial charge in [0.1, 0.15) is 6.61 Å². The van der Waals surface area contributed by atoms with Crippen molar-refractivity contribution < 1.29 is 14.6 Å². The van der Waals surface area contributed by atoms with Gasteiger partial charge in [0.15, 0.2) is 11.5 Å². The van der Waals surface area contributed by atoms with Crippen molar-refractivity contribution in [2.75, 3.05) is 26.4 Å². The van der Waals surface area contributed by atoms with Gasteiger partial charge in [-0.05, 0) is 31.9 Å². The molecule has 0 radical (unpaired) electrons. The second-order valence-corrected chi connectivity index (χ2v) is 4.80. The third-order valence-corrected chi connectivity index (χ3v) is 3.66. The van der Waals surface area contributed by atoms with Crippen molar-refractivity contribution in [3.63, 3.8) is 0 Å². The molecule has 0 aliphatic rings. The average Bonchev–Trinajstić information content (AvgIpc) is 2.50. The highest BCUT2D eigenvalue weighted by Crippen LogP contribution is 2.26. The molecular formula is C16H27NO3. The van der Waals surface area contributed by atoms with Gasteiger partial charge < -0.3 is 19.9 Å². The first-order valence-corrected chi connectivity index (χ1v) is 7.41. The van der Waals surface area contributed by atoms with Crippen molar-refractivity contribution in [1.29, 1.82) is 0 Å². The smallest absolute Gasteiger partial charge is 0.161 e. The Morgan fingerprint density at radius 1 is 1.05 bits per heavy atom. The summed E-state index contributed by atoms with van der Waals surface area (Å²) in [5.41, 5.74) is -0.192. The fraction of sp³-hybridized carbons (Fsp3) is 0.625. The van der Waals surface area contributed by atoms with Gasteiger partial charge in [0.25, 0.3) is 0 Å². The summed E-state index contributed by atoms with van der Waals surface area (Å²) < 4.78 is 11.3. The molecule has 0 saturated carbocycles. The molecule has 2 N–H and O–H groups in total. The molecule has 0 bridgehead atoms. The summed E-state index contributed by atoms with van der Waals surface area (Å²) in [6.45, 7) is 8.13. The number of benzene rings is 1. The molecule has 0 aromatic heterocycles. The quantitative estimate of drug-likeness (QED) is 0.647. The molecule has 4 nitrogen and oxygen atoms in total. The van der Waals surface area contributed by atoms with Crippen LogP contribution in [0.5, 0.6) is 11.5 Å². The van der Waals surface area contributed by atoms with Crippen LogP contribution in [0.2, 0.25) is 0 Å². The summed E-state index contributed by atoms with van der Waals surface area (Å²) in [5, 5.41) is 12.9. The van der Waals surface area contributed by atoms with Crippen molar-refractivity contribution in [2.45, 2.75) is 39.2 Å². The zero-order valence-electron chi connectivity index (χ0n) is 12.8. The first-order valence-electron chi connectivity index (χ1n) is 7.41. The van der Waals surface area contributed by atoms with Gasteiger partial charge in [-0.2, -0.15) is 0 Å². The molecule has 0 saturated heterocycles. The summed E-state index contributed by atoms with van der Waals surface area (Å²) in [6, 6.07) is 7.68. The van der Waals surface area contributed by atoms with Gasteiger partial charge in [0.2, 0.25) is 0 Å². The van der Waals surface area contributed by atoms with E-state index in [9.17, 15) is 5.11 Å². The van der Waals surface area contributed by atoms with Crippen molar-refractivity contribution in [1.82, 2.24) is 5.32 Å². The maximum absolute atomic E-state index is 9.48. The highest BCUT2D eigenvalue weighted by Gasteiger charge is 2.23. The van der Waals surface area contributed by atoms with Crippen LogP contribution in [0, 0.1) is 0 Å². The number of hydrogen-bond donors (Lipinski definition) is 2. The number of aliphatic hydroxyl groups excluding tert-OH is 1. The van der Waals surface area contributed by atoms with Gasteiger partial charge in [-0.3, -0.25) is 0 Å². The lowest BCUT2D eigenvalue weighted by atomic mass is 9.94. The molecule has 0 unspecified atom stereocenters. The summed E-state index contributed by atoms with van der Waals surface area (Å²) in [5.74, 6) is 1.54. The topological polar surface area (TPSA) is 50.7 Å². The Morgan fingerprint density at radius 3 is 2.15 bits per heavy atom. The largest absolute Gasteiger partial charge is 0.490 e. The third-order valence-electron chi connectivity index (χ3n) is 3.66. The number of para-hydroxylation sites is 2. The predicted molar refractivity (Wildman–Crippen MR) is 81.5 cm³/mol. The molecule has 114 valence electrons. The SMILES string of the molecule is CCOc1ccccc1OCCNC(CC)(CC)CO. The minimum absolute atomic E-state index is 0.148. The number of aliphatic hydroxyl groups is 1. The second kappa shape index (κ2) is 8.82. The molecule has 0 fully saturated rings. The number of hydrogen-bond acceptors (Lipinski definition) is 4. The van der Waals surface area contributed by atoms with Gasteiger partial charge >= 0.3 is 0 Å². The van der Waals surface area contributed by atoms with Gasteiger partial charge in [0.05, 0.1) is 13.2 Å². The molecule has 0 aliphatic carbocycles. The highest BCUT2D eigenvalue weighted by atomic mass is 16.5. The normalized spacial score (nSPS) is 11.4. The Morgan fingerprint density at radius 2 is 1.65 bits per heavy atom. The Hall–Kier alpha value is -1.26. The minimum atomic E-state index is -0.192. The van der Waals surface area contributed by atoms with E-state index in [-0.39, 0.29) is 12.1 Å². The lowest BCUT2D eigenvalue weighted by Gasteiger charge is -2.30. The average molecular weight is 281 g/mol. The standard InChI is InChI=1S/C16H27NO3/c1-4-16(5-2,13-18)17-11-12-20-15-10-8-7-9-14(15)19-6-3/h7-10,17-18H,4-6,11-13H2,1-3H3. The van der Waals surface area contributed by atoms with Crippen LogP contribution in [0.4, 0.5) is 0 Å².